The van der Waals surface area contributed by atoms with Gasteiger partial charge in [-0.3, -0.25) is 4.79 Å². The van der Waals surface area contributed by atoms with Gasteiger partial charge in [-0.15, -0.1) is 0 Å². The molecule has 0 aromatic carbocycles. The number of ether oxygens (including phenoxy) is 3. The van der Waals surface area contributed by atoms with Gasteiger partial charge in [-0.2, -0.15) is 0 Å². The Kier molecular flexibility index (Phi) is 9.63. The number of carbonyl (C=O) groups excluding carboxylic acids is 1. The molecule has 0 amide bonds. The van der Waals surface area contributed by atoms with Gasteiger partial charge in [-0.05, 0) is 112 Å². The minimum absolute atomic E-state index is 0.00841. The van der Waals surface area contributed by atoms with Crippen molar-refractivity contribution in [1.29, 1.82) is 0 Å². The Labute approximate surface area is 271 Å². The maximum absolute atomic E-state index is 14.7. The second-order valence-electron chi connectivity index (χ2n) is 17.3. The number of Topliss-reactive ketones (excluding diaryl/α,β-unsaturated/α-hetero) is 1. The molecule has 5 rings (SSSR count). The molecule has 14 atom stereocenters. The summed E-state index contributed by atoms with van der Waals surface area (Å²) in [6.07, 6.45) is 3.70. The molecule has 0 aromatic rings. The number of hydrogen-bond acceptors (Lipinski definition) is 8. The molecular formula is C37H62O8. The summed E-state index contributed by atoms with van der Waals surface area (Å²) in [4.78, 5) is 14.7. The highest BCUT2D eigenvalue weighted by atomic mass is 16.7. The highest BCUT2D eigenvalue weighted by molar-refractivity contribution is 5.84. The first-order chi connectivity index (χ1) is 20.9. The molecule has 0 unspecified atom stereocenters. The lowest BCUT2D eigenvalue weighted by Gasteiger charge is -2.69. The monoisotopic (exact) mass is 634 g/mol. The van der Waals surface area contributed by atoms with Crippen LogP contribution in [0.5, 0.6) is 0 Å². The number of rotatable bonds is 8. The van der Waals surface area contributed by atoms with Crippen molar-refractivity contribution in [3.8, 4) is 0 Å². The molecule has 0 spiro atoms. The summed E-state index contributed by atoms with van der Waals surface area (Å²) in [6.45, 7) is 17.7. The Hall–Kier alpha value is -0.870. The topological polar surface area (TPSA) is 126 Å². The average molecular weight is 635 g/mol. The quantitative estimate of drug-likeness (QED) is 0.269. The van der Waals surface area contributed by atoms with Crippen molar-refractivity contribution >= 4 is 5.78 Å². The molecule has 4 aliphatic carbocycles. The number of allylic oxidation sites excluding steroid dienone is 2. The Morgan fingerprint density at radius 3 is 2.24 bits per heavy atom. The number of carbonyl (C=O) groups is 1. The van der Waals surface area contributed by atoms with Gasteiger partial charge in [0, 0.05) is 19.4 Å². The third-order valence-electron chi connectivity index (χ3n) is 14.6. The number of ketones is 1. The average Bonchev–Trinajstić information content (AvgIpc) is 3.35. The summed E-state index contributed by atoms with van der Waals surface area (Å²) in [5.74, 6) is 0.843. The molecule has 0 aromatic heterocycles. The van der Waals surface area contributed by atoms with Gasteiger partial charge in [0.15, 0.2) is 6.29 Å². The van der Waals surface area contributed by atoms with Crippen LogP contribution in [0.1, 0.15) is 113 Å². The van der Waals surface area contributed by atoms with Crippen molar-refractivity contribution in [2.24, 2.45) is 45.3 Å². The molecule has 5 aliphatic rings. The highest BCUT2D eigenvalue weighted by Crippen LogP contribution is 2.75. The number of methoxy groups -OCH3 is 1. The predicted octanol–water partition coefficient (Wildman–Crippen LogP) is 5.19. The van der Waals surface area contributed by atoms with E-state index in [1.54, 1.807) is 0 Å². The smallest absolute Gasteiger partial charge is 0.187 e. The van der Waals surface area contributed by atoms with Crippen molar-refractivity contribution < 1.29 is 39.4 Å². The molecule has 1 aliphatic heterocycles. The lowest BCUT2D eigenvalue weighted by molar-refractivity contribution is -0.333. The Bertz CT molecular complexity index is 1130. The van der Waals surface area contributed by atoms with Crippen LogP contribution in [-0.2, 0) is 19.0 Å². The maximum atomic E-state index is 14.7. The Morgan fingerprint density at radius 2 is 1.62 bits per heavy atom. The summed E-state index contributed by atoms with van der Waals surface area (Å²) in [5.41, 5.74) is 0.246. The van der Waals surface area contributed by atoms with E-state index < -0.39 is 42.9 Å². The predicted molar refractivity (Wildman–Crippen MR) is 172 cm³/mol. The molecule has 4 saturated carbocycles. The summed E-state index contributed by atoms with van der Waals surface area (Å²) in [5, 5.41) is 41.7. The van der Waals surface area contributed by atoms with E-state index in [4.69, 9.17) is 14.2 Å². The van der Waals surface area contributed by atoms with Gasteiger partial charge in [0.2, 0.25) is 0 Å². The van der Waals surface area contributed by atoms with Crippen molar-refractivity contribution in [2.75, 3.05) is 13.7 Å². The van der Waals surface area contributed by atoms with Crippen molar-refractivity contribution in [3.05, 3.63) is 11.6 Å². The number of fused-ring (bicyclic) bond motifs is 5. The first-order valence-corrected chi connectivity index (χ1v) is 17.6. The van der Waals surface area contributed by atoms with Gasteiger partial charge in [0.25, 0.3) is 0 Å². The molecule has 0 radical (unpaired) electrons. The van der Waals surface area contributed by atoms with Crippen LogP contribution in [0.2, 0.25) is 0 Å². The van der Waals surface area contributed by atoms with Gasteiger partial charge < -0.3 is 34.6 Å². The fourth-order valence-electron chi connectivity index (χ4n) is 11.9. The summed E-state index contributed by atoms with van der Waals surface area (Å²) >= 11 is 0. The van der Waals surface area contributed by atoms with Crippen molar-refractivity contribution in [1.82, 2.24) is 0 Å². The van der Waals surface area contributed by atoms with Gasteiger partial charge in [0.1, 0.15) is 30.2 Å². The molecule has 4 N–H and O–H groups in total. The van der Waals surface area contributed by atoms with Crippen LogP contribution in [-0.4, -0.2) is 82.3 Å². The first-order valence-electron chi connectivity index (χ1n) is 17.6. The van der Waals surface area contributed by atoms with E-state index in [1.165, 1.54) is 5.57 Å². The molecule has 5 fully saturated rings. The summed E-state index contributed by atoms with van der Waals surface area (Å²) < 4.78 is 18.6. The standard InChI is InChI=1S/C37H62O8/c1-21(2)11-10-15-37(8,45-32-31(42)30(41)29(40)24(20-38)44-32)22-12-17-36(7)28(22)23(39)19-26-34(5)16-14-27(43-9)33(3,4)25(34)13-18-35(26,36)6/h11,22,24-32,38,40-42H,10,12-20H2,1-9H3/t22-,24+,25-,26+,27-,28-,29+,30-,31+,32-,34-,35+,36+,37-/m0/s1. The summed E-state index contributed by atoms with van der Waals surface area (Å²) in [7, 11) is 1.84. The molecule has 8 nitrogen and oxygen atoms in total. The normalized spacial score (nSPS) is 49.0. The lowest BCUT2D eigenvalue weighted by Crippen LogP contribution is -2.66. The molecule has 258 valence electrons. The second kappa shape index (κ2) is 12.2. The van der Waals surface area contributed by atoms with Gasteiger partial charge >= 0.3 is 0 Å². The maximum Gasteiger partial charge on any atom is 0.187 e. The zero-order valence-electron chi connectivity index (χ0n) is 29.3. The molecule has 8 heteroatoms. The fraction of sp³-hybridized carbons (Fsp3) is 0.919. The van der Waals surface area contributed by atoms with E-state index >= 15 is 0 Å². The SMILES string of the molecule is CO[C@H]1CC[C@]2(C)[C@H]3CC(=O)[C@@H]4[C@@H]([C@](C)(CCC=C(C)C)O[C@@H]5O[C@H](CO)[C@@H](O)[C@H](O)[C@H]5O)CC[C@@]4(C)[C@]3(C)CC[C@H]2C1(C)C. The van der Waals surface area contributed by atoms with Crippen LogP contribution in [0.15, 0.2) is 11.6 Å². The molecule has 45 heavy (non-hydrogen) atoms. The largest absolute Gasteiger partial charge is 0.394 e. The first kappa shape index (κ1) is 35.4. The van der Waals surface area contributed by atoms with Crippen LogP contribution in [0.3, 0.4) is 0 Å². The lowest BCUT2D eigenvalue weighted by atomic mass is 9.35. The Morgan fingerprint density at radius 1 is 0.956 bits per heavy atom. The number of aliphatic hydroxyl groups is 4. The van der Waals surface area contributed by atoms with E-state index in [0.717, 1.165) is 44.9 Å². The zero-order chi connectivity index (χ0) is 33.3. The zero-order valence-corrected chi connectivity index (χ0v) is 29.3. The molecule has 1 heterocycles. The van der Waals surface area contributed by atoms with Crippen LogP contribution >= 0.6 is 0 Å². The fourth-order valence-corrected chi connectivity index (χ4v) is 11.9. The van der Waals surface area contributed by atoms with E-state index in [9.17, 15) is 25.2 Å². The van der Waals surface area contributed by atoms with E-state index in [2.05, 4.69) is 54.5 Å². The molecule has 0 bridgehead atoms. The number of hydrogen-bond donors (Lipinski definition) is 4. The van der Waals surface area contributed by atoms with Gasteiger partial charge in [0.05, 0.1) is 18.3 Å². The van der Waals surface area contributed by atoms with Gasteiger partial charge in [-0.1, -0.05) is 46.3 Å². The van der Waals surface area contributed by atoms with Crippen LogP contribution in [0, 0.1) is 45.3 Å². The Balaban J connectivity index is 1.49. The van der Waals surface area contributed by atoms with E-state index in [1.807, 2.05) is 14.0 Å². The van der Waals surface area contributed by atoms with E-state index in [0.29, 0.717) is 30.5 Å². The third kappa shape index (κ3) is 5.41. The van der Waals surface area contributed by atoms with E-state index in [-0.39, 0.29) is 39.6 Å². The summed E-state index contributed by atoms with van der Waals surface area (Å²) in [6, 6.07) is 0. The second-order valence-corrected chi connectivity index (χ2v) is 17.3. The van der Waals surface area contributed by atoms with Crippen molar-refractivity contribution in [2.45, 2.75) is 156 Å². The van der Waals surface area contributed by atoms with Crippen LogP contribution < -0.4 is 0 Å². The minimum Gasteiger partial charge on any atom is -0.394 e. The third-order valence-corrected chi connectivity index (χ3v) is 14.6. The van der Waals surface area contributed by atoms with Crippen LogP contribution in [0.25, 0.3) is 0 Å². The molecular weight excluding hydrogens is 572 g/mol. The number of aliphatic hydroxyl groups excluding tert-OH is 4. The highest BCUT2D eigenvalue weighted by Gasteiger charge is 2.72. The van der Waals surface area contributed by atoms with Crippen molar-refractivity contribution in [3.63, 3.8) is 0 Å². The van der Waals surface area contributed by atoms with Crippen LogP contribution in [0.4, 0.5) is 0 Å². The van der Waals surface area contributed by atoms with Gasteiger partial charge in [-0.25, -0.2) is 0 Å². The molecule has 1 saturated heterocycles. The minimum atomic E-state index is -1.51.